The molecule has 3 N–H and O–H groups in total. The van der Waals surface area contributed by atoms with Crippen LogP contribution in [0.4, 0.5) is 4.79 Å². The van der Waals surface area contributed by atoms with Crippen molar-refractivity contribution in [2.75, 3.05) is 13.7 Å². The van der Waals surface area contributed by atoms with Crippen LogP contribution >= 0.6 is 0 Å². The van der Waals surface area contributed by atoms with Gasteiger partial charge in [0.25, 0.3) is 0 Å². The van der Waals surface area contributed by atoms with Gasteiger partial charge in [-0.2, -0.15) is 0 Å². The van der Waals surface area contributed by atoms with Crippen LogP contribution in [0.3, 0.4) is 0 Å². The van der Waals surface area contributed by atoms with Crippen molar-refractivity contribution in [1.82, 2.24) is 15.6 Å². The Morgan fingerprint density at radius 3 is 2.96 bits per heavy atom. The fourth-order valence-corrected chi connectivity index (χ4v) is 2.66. The molecule has 0 fully saturated rings. The van der Waals surface area contributed by atoms with Crippen molar-refractivity contribution in [2.45, 2.75) is 6.42 Å². The Hall–Kier alpha value is -3.21. The van der Waals surface area contributed by atoms with Gasteiger partial charge in [0.1, 0.15) is 5.75 Å². The molecule has 0 spiro atoms. The van der Waals surface area contributed by atoms with Gasteiger partial charge in [0, 0.05) is 29.8 Å². The fraction of sp³-hybridized carbons (Fsp3) is 0.150. The Balaban J connectivity index is 1.46. The third kappa shape index (κ3) is 4.41. The van der Waals surface area contributed by atoms with E-state index in [4.69, 9.17) is 4.74 Å². The monoisotopic (exact) mass is 335 g/mol. The second kappa shape index (κ2) is 8.06. The van der Waals surface area contributed by atoms with Crippen molar-refractivity contribution in [3.05, 3.63) is 72.1 Å². The minimum absolute atomic E-state index is 0.223. The molecule has 0 bridgehead atoms. The number of para-hydroxylation sites is 1. The van der Waals surface area contributed by atoms with Gasteiger partial charge < -0.3 is 20.4 Å². The number of ether oxygens (including phenoxy) is 1. The highest BCUT2D eigenvalue weighted by Crippen LogP contribution is 2.17. The molecule has 3 aromatic rings. The number of nitrogens with one attached hydrogen (secondary N) is 3. The third-order valence-electron chi connectivity index (χ3n) is 3.94. The second-order valence-electron chi connectivity index (χ2n) is 5.62. The summed E-state index contributed by atoms with van der Waals surface area (Å²) < 4.78 is 5.17. The SMILES string of the molecule is COc1cccc(/C=C/NC(=O)NCCc2c[nH]c3ccccc23)c1. The molecule has 0 saturated heterocycles. The van der Waals surface area contributed by atoms with Crippen molar-refractivity contribution in [3.8, 4) is 5.75 Å². The first-order valence-electron chi connectivity index (χ1n) is 8.16. The summed E-state index contributed by atoms with van der Waals surface area (Å²) >= 11 is 0. The predicted molar refractivity (Wildman–Crippen MR) is 101 cm³/mol. The number of fused-ring (bicyclic) bond motifs is 1. The van der Waals surface area contributed by atoms with Gasteiger partial charge in [0.2, 0.25) is 0 Å². The molecule has 0 atom stereocenters. The predicted octanol–water partition coefficient (Wildman–Crippen LogP) is 3.69. The first kappa shape index (κ1) is 16.6. The largest absolute Gasteiger partial charge is 0.497 e. The maximum absolute atomic E-state index is 11.8. The zero-order valence-corrected chi connectivity index (χ0v) is 14.1. The quantitative estimate of drug-likeness (QED) is 0.643. The topological polar surface area (TPSA) is 66.2 Å². The number of urea groups is 1. The minimum Gasteiger partial charge on any atom is -0.497 e. The summed E-state index contributed by atoms with van der Waals surface area (Å²) in [5.74, 6) is 0.783. The number of amides is 2. The Morgan fingerprint density at radius 2 is 2.08 bits per heavy atom. The van der Waals surface area contributed by atoms with E-state index in [2.05, 4.69) is 21.7 Å². The zero-order valence-electron chi connectivity index (χ0n) is 14.1. The Morgan fingerprint density at radius 1 is 1.20 bits per heavy atom. The highest BCUT2D eigenvalue weighted by Gasteiger charge is 2.03. The lowest BCUT2D eigenvalue weighted by molar-refractivity contribution is 0.244. The molecule has 2 aromatic carbocycles. The average molecular weight is 335 g/mol. The van der Waals surface area contributed by atoms with Gasteiger partial charge in [-0.05, 0) is 41.8 Å². The van der Waals surface area contributed by atoms with Gasteiger partial charge in [-0.15, -0.1) is 0 Å². The molecule has 5 heteroatoms. The maximum Gasteiger partial charge on any atom is 0.318 e. The van der Waals surface area contributed by atoms with Crippen LogP contribution in [0.15, 0.2) is 60.9 Å². The van der Waals surface area contributed by atoms with E-state index < -0.39 is 0 Å². The van der Waals surface area contributed by atoms with E-state index in [0.29, 0.717) is 6.54 Å². The summed E-state index contributed by atoms with van der Waals surface area (Å²) in [5.41, 5.74) is 3.27. The highest BCUT2D eigenvalue weighted by atomic mass is 16.5. The van der Waals surface area contributed by atoms with Crippen LogP contribution in [-0.4, -0.2) is 24.7 Å². The van der Waals surface area contributed by atoms with Gasteiger partial charge >= 0.3 is 6.03 Å². The molecule has 0 aliphatic carbocycles. The summed E-state index contributed by atoms with van der Waals surface area (Å²) in [5, 5.41) is 6.76. The van der Waals surface area contributed by atoms with Crippen LogP contribution in [0.5, 0.6) is 5.75 Å². The Labute approximate surface area is 146 Å². The van der Waals surface area contributed by atoms with E-state index in [0.717, 1.165) is 23.3 Å². The standard InChI is InChI=1S/C20H21N3O2/c1-25-17-6-4-5-15(13-17)9-11-21-20(24)22-12-10-16-14-23-19-8-3-2-7-18(16)19/h2-9,11,13-14,23H,10,12H2,1H3,(H2,21,22,24)/b11-9+. The number of H-pyrrole nitrogens is 1. The molecule has 1 aromatic heterocycles. The number of aromatic nitrogens is 1. The van der Waals surface area contributed by atoms with Crippen LogP contribution in [0.1, 0.15) is 11.1 Å². The average Bonchev–Trinajstić information content (AvgIpc) is 3.05. The fourth-order valence-electron chi connectivity index (χ4n) is 2.66. The number of benzene rings is 2. The number of hydrogen-bond donors (Lipinski definition) is 3. The molecule has 0 aliphatic heterocycles. The Bertz CT molecular complexity index is 883. The van der Waals surface area contributed by atoms with Crippen LogP contribution in [0, 0.1) is 0 Å². The van der Waals surface area contributed by atoms with Crippen molar-refractivity contribution < 1.29 is 9.53 Å². The van der Waals surface area contributed by atoms with Gasteiger partial charge in [-0.1, -0.05) is 30.3 Å². The maximum atomic E-state index is 11.8. The molecular formula is C20H21N3O2. The normalized spacial score (nSPS) is 10.9. The molecule has 25 heavy (non-hydrogen) atoms. The molecule has 1 heterocycles. The van der Waals surface area contributed by atoms with Gasteiger partial charge in [-0.25, -0.2) is 4.79 Å². The second-order valence-corrected chi connectivity index (χ2v) is 5.62. The summed E-state index contributed by atoms with van der Waals surface area (Å²) in [6, 6.07) is 15.5. The van der Waals surface area contributed by atoms with Gasteiger partial charge in [0.05, 0.1) is 7.11 Å². The lowest BCUT2D eigenvalue weighted by atomic mass is 10.1. The van der Waals surface area contributed by atoms with E-state index >= 15 is 0 Å². The number of carbonyl (C=O) groups excluding carboxylic acids is 1. The Kier molecular flexibility index (Phi) is 5.36. The summed E-state index contributed by atoms with van der Waals surface area (Å²) in [7, 11) is 1.63. The summed E-state index contributed by atoms with van der Waals surface area (Å²) in [6.07, 6.45) is 6.21. The van der Waals surface area contributed by atoms with E-state index in [9.17, 15) is 4.79 Å². The number of carbonyl (C=O) groups is 1. The molecule has 128 valence electrons. The molecule has 0 unspecified atom stereocenters. The van der Waals surface area contributed by atoms with Crippen LogP contribution in [-0.2, 0) is 6.42 Å². The molecular weight excluding hydrogens is 314 g/mol. The molecule has 0 saturated carbocycles. The summed E-state index contributed by atoms with van der Waals surface area (Å²) in [4.78, 5) is 15.1. The third-order valence-corrected chi connectivity index (χ3v) is 3.94. The van der Waals surface area contributed by atoms with Crippen LogP contribution in [0.25, 0.3) is 17.0 Å². The van der Waals surface area contributed by atoms with Crippen molar-refractivity contribution in [2.24, 2.45) is 0 Å². The molecule has 0 aliphatic rings. The molecule has 2 amide bonds. The van der Waals surface area contributed by atoms with Crippen molar-refractivity contribution in [1.29, 1.82) is 0 Å². The van der Waals surface area contributed by atoms with Crippen LogP contribution in [0.2, 0.25) is 0 Å². The molecule has 3 rings (SSSR count). The first-order chi connectivity index (χ1) is 12.3. The lowest BCUT2D eigenvalue weighted by Gasteiger charge is -2.04. The van der Waals surface area contributed by atoms with Gasteiger partial charge in [-0.3, -0.25) is 0 Å². The number of aromatic amines is 1. The smallest absolute Gasteiger partial charge is 0.318 e. The van der Waals surface area contributed by atoms with E-state index in [1.807, 2.05) is 54.7 Å². The van der Waals surface area contributed by atoms with E-state index in [1.54, 1.807) is 13.3 Å². The number of methoxy groups -OCH3 is 1. The lowest BCUT2D eigenvalue weighted by Crippen LogP contribution is -2.33. The summed E-state index contributed by atoms with van der Waals surface area (Å²) in [6.45, 7) is 0.570. The number of rotatable bonds is 6. The van der Waals surface area contributed by atoms with Crippen LogP contribution < -0.4 is 15.4 Å². The van der Waals surface area contributed by atoms with Crippen molar-refractivity contribution >= 4 is 23.0 Å². The first-order valence-corrected chi connectivity index (χ1v) is 8.16. The minimum atomic E-state index is -0.223. The van der Waals surface area contributed by atoms with Gasteiger partial charge in [0.15, 0.2) is 0 Å². The molecule has 5 nitrogen and oxygen atoms in total. The molecule has 0 radical (unpaired) electrons. The highest BCUT2D eigenvalue weighted by molar-refractivity contribution is 5.83. The number of hydrogen-bond acceptors (Lipinski definition) is 2. The zero-order chi connectivity index (χ0) is 17.5. The van der Waals surface area contributed by atoms with E-state index in [-0.39, 0.29) is 6.03 Å². The van der Waals surface area contributed by atoms with Crippen molar-refractivity contribution in [3.63, 3.8) is 0 Å². The van der Waals surface area contributed by atoms with E-state index in [1.165, 1.54) is 10.9 Å².